The predicted molar refractivity (Wildman–Crippen MR) is 100 cm³/mol. The van der Waals surface area contributed by atoms with Crippen LogP contribution in [0.2, 0.25) is 0 Å². The third-order valence-corrected chi connectivity index (χ3v) is 5.44. The molecule has 1 saturated carbocycles. The normalized spacial score (nSPS) is 22.1. The van der Waals surface area contributed by atoms with Gasteiger partial charge in [0.05, 0.1) is 13.2 Å². The van der Waals surface area contributed by atoms with E-state index in [4.69, 9.17) is 4.74 Å². The number of amides is 2. The molecule has 7 heteroatoms. The second-order valence-electron chi connectivity index (χ2n) is 7.28. The highest BCUT2D eigenvalue weighted by Crippen LogP contribution is 2.28. The number of benzene rings is 1. The second kappa shape index (κ2) is 7.06. The van der Waals surface area contributed by atoms with Crippen molar-refractivity contribution in [2.75, 3.05) is 13.7 Å². The highest BCUT2D eigenvalue weighted by Gasteiger charge is 2.39. The van der Waals surface area contributed by atoms with Gasteiger partial charge in [0.15, 0.2) is 5.69 Å². The van der Waals surface area contributed by atoms with Crippen LogP contribution in [0.4, 0.5) is 0 Å². The molecule has 1 saturated heterocycles. The summed E-state index contributed by atoms with van der Waals surface area (Å²) in [7, 11) is 1.61. The van der Waals surface area contributed by atoms with E-state index in [-0.39, 0.29) is 30.4 Å². The molecule has 2 heterocycles. The predicted octanol–water partition coefficient (Wildman–Crippen LogP) is 2.07. The largest absolute Gasteiger partial charge is 0.494 e. The Morgan fingerprint density at radius 3 is 2.89 bits per heavy atom. The molecule has 2 unspecified atom stereocenters. The van der Waals surface area contributed by atoms with Gasteiger partial charge >= 0.3 is 0 Å². The van der Waals surface area contributed by atoms with Gasteiger partial charge in [-0.25, -0.2) is 4.68 Å². The molecule has 1 aromatic heterocycles. The van der Waals surface area contributed by atoms with Gasteiger partial charge in [-0.1, -0.05) is 18.9 Å². The summed E-state index contributed by atoms with van der Waals surface area (Å²) in [5, 5.41) is 7.51. The summed E-state index contributed by atoms with van der Waals surface area (Å²) in [5.74, 6) is 0.408. The molecule has 2 aromatic rings. The van der Waals surface area contributed by atoms with Crippen LogP contribution in [-0.4, -0.2) is 52.2 Å². The molecule has 1 N–H and O–H groups in total. The van der Waals surface area contributed by atoms with Crippen molar-refractivity contribution in [2.45, 2.75) is 44.7 Å². The SMILES string of the molecule is COc1ccc(C)cc1-n1ccc(C(=O)N2CC(=O)NC3CCCCC32)n1. The number of rotatable bonds is 3. The number of hydrogen-bond acceptors (Lipinski definition) is 4. The van der Waals surface area contributed by atoms with Gasteiger partial charge in [0, 0.05) is 12.2 Å². The number of aromatic nitrogens is 2. The Morgan fingerprint density at radius 1 is 1.26 bits per heavy atom. The first-order valence-corrected chi connectivity index (χ1v) is 9.38. The third-order valence-electron chi connectivity index (χ3n) is 5.44. The lowest BCUT2D eigenvalue weighted by molar-refractivity contribution is -0.127. The van der Waals surface area contributed by atoms with Crippen molar-refractivity contribution in [3.05, 3.63) is 41.7 Å². The van der Waals surface area contributed by atoms with Gasteiger partial charge in [0.2, 0.25) is 5.91 Å². The molecule has 1 aromatic carbocycles. The van der Waals surface area contributed by atoms with Gasteiger partial charge in [-0.05, 0) is 43.5 Å². The lowest BCUT2D eigenvalue weighted by Crippen LogP contribution is -2.62. The quantitative estimate of drug-likeness (QED) is 0.900. The van der Waals surface area contributed by atoms with E-state index in [2.05, 4.69) is 10.4 Å². The molecule has 0 bridgehead atoms. The summed E-state index contributed by atoms with van der Waals surface area (Å²) in [6.07, 6.45) is 5.77. The third kappa shape index (κ3) is 3.29. The lowest BCUT2D eigenvalue weighted by atomic mass is 9.87. The molecule has 2 amide bonds. The topological polar surface area (TPSA) is 76.5 Å². The number of hydrogen-bond donors (Lipinski definition) is 1. The summed E-state index contributed by atoms with van der Waals surface area (Å²) < 4.78 is 7.07. The van der Waals surface area contributed by atoms with Crippen LogP contribution >= 0.6 is 0 Å². The van der Waals surface area contributed by atoms with Crippen LogP contribution in [0.5, 0.6) is 5.75 Å². The van der Waals surface area contributed by atoms with Crippen LogP contribution in [0.3, 0.4) is 0 Å². The Morgan fingerprint density at radius 2 is 2.07 bits per heavy atom. The molecular formula is C20H24N4O3. The van der Waals surface area contributed by atoms with Crippen molar-refractivity contribution in [3.8, 4) is 11.4 Å². The maximum atomic E-state index is 13.1. The fraction of sp³-hybridized carbons (Fsp3) is 0.450. The van der Waals surface area contributed by atoms with Crippen molar-refractivity contribution in [3.63, 3.8) is 0 Å². The van der Waals surface area contributed by atoms with Crippen LogP contribution < -0.4 is 10.1 Å². The monoisotopic (exact) mass is 368 g/mol. The van der Waals surface area contributed by atoms with Gasteiger partial charge in [-0.3, -0.25) is 9.59 Å². The summed E-state index contributed by atoms with van der Waals surface area (Å²) >= 11 is 0. The highest BCUT2D eigenvalue weighted by molar-refractivity contribution is 5.96. The number of piperazine rings is 1. The summed E-state index contributed by atoms with van der Waals surface area (Å²) in [4.78, 5) is 26.9. The zero-order valence-corrected chi connectivity index (χ0v) is 15.6. The van der Waals surface area contributed by atoms with Crippen LogP contribution in [0, 0.1) is 6.92 Å². The van der Waals surface area contributed by atoms with Crippen molar-refractivity contribution >= 4 is 11.8 Å². The molecule has 2 fully saturated rings. The van der Waals surface area contributed by atoms with Gasteiger partial charge in [0.1, 0.15) is 18.0 Å². The average Bonchev–Trinajstić information content (AvgIpc) is 3.16. The fourth-order valence-corrected chi connectivity index (χ4v) is 4.10. The molecule has 1 aliphatic heterocycles. The van der Waals surface area contributed by atoms with E-state index in [0.717, 1.165) is 36.9 Å². The number of nitrogens with zero attached hydrogens (tertiary/aromatic N) is 3. The van der Waals surface area contributed by atoms with Crippen LogP contribution in [-0.2, 0) is 4.79 Å². The van der Waals surface area contributed by atoms with Crippen molar-refractivity contribution in [1.29, 1.82) is 0 Å². The van der Waals surface area contributed by atoms with E-state index in [1.807, 2.05) is 25.1 Å². The van der Waals surface area contributed by atoms with Crippen molar-refractivity contribution in [2.24, 2.45) is 0 Å². The van der Waals surface area contributed by atoms with Crippen molar-refractivity contribution in [1.82, 2.24) is 20.0 Å². The van der Waals surface area contributed by atoms with Crippen LogP contribution in [0.1, 0.15) is 41.7 Å². The van der Waals surface area contributed by atoms with Crippen LogP contribution in [0.25, 0.3) is 5.69 Å². The summed E-state index contributed by atoms with van der Waals surface area (Å²) in [5.41, 5.74) is 2.20. The Hall–Kier alpha value is -2.83. The Bertz CT molecular complexity index is 876. The molecule has 0 radical (unpaired) electrons. The molecular weight excluding hydrogens is 344 g/mol. The van der Waals surface area contributed by atoms with Crippen molar-refractivity contribution < 1.29 is 14.3 Å². The van der Waals surface area contributed by atoms with Crippen LogP contribution in [0.15, 0.2) is 30.5 Å². The van der Waals surface area contributed by atoms with Gasteiger partial charge < -0.3 is 15.0 Å². The minimum absolute atomic E-state index is 0.0580. The van der Waals surface area contributed by atoms with Gasteiger partial charge in [0.25, 0.3) is 5.91 Å². The number of fused-ring (bicyclic) bond motifs is 1. The molecule has 1 aliphatic carbocycles. The minimum atomic E-state index is -0.188. The maximum Gasteiger partial charge on any atom is 0.275 e. The smallest absolute Gasteiger partial charge is 0.275 e. The molecule has 2 aliphatic rings. The van der Waals surface area contributed by atoms with E-state index in [9.17, 15) is 9.59 Å². The number of ether oxygens (including phenoxy) is 1. The summed E-state index contributed by atoms with van der Waals surface area (Å²) in [6.45, 7) is 2.09. The van der Waals surface area contributed by atoms with Gasteiger partial charge in [-0.15, -0.1) is 0 Å². The van der Waals surface area contributed by atoms with E-state index in [1.165, 1.54) is 0 Å². The average molecular weight is 368 g/mol. The zero-order valence-electron chi connectivity index (χ0n) is 15.6. The number of nitrogens with one attached hydrogen (secondary N) is 1. The minimum Gasteiger partial charge on any atom is -0.494 e. The number of carbonyl (C=O) groups is 2. The van der Waals surface area contributed by atoms with E-state index >= 15 is 0 Å². The Labute approximate surface area is 158 Å². The second-order valence-corrected chi connectivity index (χ2v) is 7.28. The number of carbonyl (C=O) groups excluding carboxylic acids is 2. The zero-order chi connectivity index (χ0) is 19.0. The highest BCUT2D eigenvalue weighted by atomic mass is 16.5. The molecule has 142 valence electrons. The molecule has 4 rings (SSSR count). The molecule has 7 nitrogen and oxygen atoms in total. The number of methoxy groups -OCH3 is 1. The van der Waals surface area contributed by atoms with E-state index < -0.39 is 0 Å². The Kier molecular flexibility index (Phi) is 4.59. The first-order chi connectivity index (χ1) is 13.1. The fourth-order valence-electron chi connectivity index (χ4n) is 4.10. The molecule has 27 heavy (non-hydrogen) atoms. The Balaban J connectivity index is 1.62. The molecule has 2 atom stereocenters. The number of aryl methyl sites for hydroxylation is 1. The maximum absolute atomic E-state index is 13.1. The standard InChI is InChI=1S/C20H24N4O3/c1-13-7-8-18(27-2)17(11-13)24-10-9-15(22-24)20(26)23-12-19(25)21-14-5-3-4-6-16(14)23/h7-11,14,16H,3-6,12H2,1-2H3,(H,21,25). The lowest BCUT2D eigenvalue weighted by Gasteiger charge is -2.43. The van der Waals surface area contributed by atoms with Gasteiger partial charge in [-0.2, -0.15) is 5.10 Å². The molecule has 0 spiro atoms. The first-order valence-electron chi connectivity index (χ1n) is 9.38. The summed E-state index contributed by atoms with van der Waals surface area (Å²) in [6, 6.07) is 7.63. The first kappa shape index (κ1) is 17.6. The van der Waals surface area contributed by atoms with E-state index in [0.29, 0.717) is 11.4 Å². The van der Waals surface area contributed by atoms with E-state index in [1.54, 1.807) is 29.0 Å².